The third kappa shape index (κ3) is 2.74. The van der Waals surface area contributed by atoms with E-state index in [0.29, 0.717) is 28.3 Å². The molecule has 1 atom stereocenters. The number of hydrogen-bond acceptors (Lipinski definition) is 1. The maximum absolute atomic E-state index is 13.7. The van der Waals surface area contributed by atoms with Crippen LogP contribution in [0.1, 0.15) is 22.7 Å². The van der Waals surface area contributed by atoms with E-state index in [2.05, 4.69) is 0 Å². The largest absolute Gasteiger partial charge is 0.320 e. The van der Waals surface area contributed by atoms with Crippen molar-refractivity contribution in [2.45, 2.75) is 13.0 Å². The van der Waals surface area contributed by atoms with Gasteiger partial charge in [0, 0.05) is 22.7 Å². The van der Waals surface area contributed by atoms with Crippen LogP contribution in [0.4, 0.5) is 13.2 Å². The summed E-state index contributed by atoms with van der Waals surface area (Å²) in [6.45, 7) is 1.74. The molecule has 0 fully saturated rings. The second-order valence-corrected chi connectivity index (χ2v) is 4.70. The minimum atomic E-state index is -1.02. The van der Waals surface area contributed by atoms with Gasteiger partial charge in [-0.1, -0.05) is 17.7 Å². The van der Waals surface area contributed by atoms with Crippen molar-refractivity contribution >= 4 is 11.6 Å². The second-order valence-electron chi connectivity index (χ2n) is 4.26. The molecule has 100 valence electrons. The highest BCUT2D eigenvalue weighted by Gasteiger charge is 2.21. The summed E-state index contributed by atoms with van der Waals surface area (Å²) in [6.07, 6.45) is 0. The molecular formula is C14H11ClF3N. The van der Waals surface area contributed by atoms with Crippen LogP contribution in [0.5, 0.6) is 0 Å². The Morgan fingerprint density at radius 1 is 1.05 bits per heavy atom. The van der Waals surface area contributed by atoms with Gasteiger partial charge in [-0.25, -0.2) is 13.2 Å². The van der Waals surface area contributed by atoms with Gasteiger partial charge in [0.15, 0.2) is 0 Å². The number of rotatable bonds is 2. The Hall–Kier alpha value is -1.52. The van der Waals surface area contributed by atoms with Gasteiger partial charge in [0.2, 0.25) is 0 Å². The van der Waals surface area contributed by atoms with Gasteiger partial charge < -0.3 is 5.73 Å². The zero-order valence-electron chi connectivity index (χ0n) is 10.1. The summed E-state index contributed by atoms with van der Waals surface area (Å²) in [4.78, 5) is 0. The Bertz CT molecular complexity index is 605. The summed E-state index contributed by atoms with van der Waals surface area (Å²) in [5, 5.41) is 0.508. The van der Waals surface area contributed by atoms with Gasteiger partial charge in [-0.2, -0.15) is 0 Å². The third-order valence-electron chi connectivity index (χ3n) is 2.92. The predicted octanol–water partition coefficient (Wildman–Crippen LogP) is 4.11. The molecule has 0 radical (unpaired) electrons. The summed E-state index contributed by atoms with van der Waals surface area (Å²) in [6, 6.07) is 5.05. The molecule has 2 aromatic rings. The average Bonchev–Trinajstić information content (AvgIpc) is 2.26. The van der Waals surface area contributed by atoms with E-state index in [9.17, 15) is 13.2 Å². The first kappa shape index (κ1) is 13.9. The number of nitrogens with two attached hydrogens (primary N) is 1. The fourth-order valence-corrected chi connectivity index (χ4v) is 2.22. The maximum Gasteiger partial charge on any atom is 0.134 e. The average molecular weight is 286 g/mol. The summed E-state index contributed by atoms with van der Waals surface area (Å²) in [5.74, 6) is -2.97. The van der Waals surface area contributed by atoms with Gasteiger partial charge in [-0.05, 0) is 30.2 Å². The van der Waals surface area contributed by atoms with E-state index < -0.39 is 23.5 Å². The Labute approximate surface area is 113 Å². The minimum Gasteiger partial charge on any atom is -0.320 e. The van der Waals surface area contributed by atoms with Crippen LogP contribution in [0.25, 0.3) is 0 Å². The third-order valence-corrected chi connectivity index (χ3v) is 3.16. The molecule has 0 aliphatic heterocycles. The summed E-state index contributed by atoms with van der Waals surface area (Å²) in [5.41, 5.74) is 6.77. The molecule has 0 aliphatic carbocycles. The molecular weight excluding hydrogens is 275 g/mol. The lowest BCUT2D eigenvalue weighted by Crippen LogP contribution is -2.17. The molecule has 0 bridgehead atoms. The van der Waals surface area contributed by atoms with Crippen LogP contribution in [-0.4, -0.2) is 0 Å². The SMILES string of the molecule is Cc1cc(Cl)ccc1C(N)c1c(F)cc(F)cc1F. The topological polar surface area (TPSA) is 26.0 Å². The zero-order chi connectivity index (χ0) is 14.2. The van der Waals surface area contributed by atoms with Gasteiger partial charge in [0.1, 0.15) is 17.5 Å². The quantitative estimate of drug-likeness (QED) is 0.883. The van der Waals surface area contributed by atoms with Gasteiger partial charge in [0.25, 0.3) is 0 Å². The molecule has 19 heavy (non-hydrogen) atoms. The normalized spacial score (nSPS) is 12.5. The standard InChI is InChI=1S/C14H11ClF3N/c1-7-4-8(15)2-3-10(7)14(19)13-11(17)5-9(16)6-12(13)18/h2-6,14H,19H2,1H3. The Morgan fingerprint density at radius 3 is 2.16 bits per heavy atom. The van der Waals surface area contributed by atoms with E-state index in [1.807, 2.05) is 0 Å². The molecule has 2 aromatic carbocycles. The van der Waals surface area contributed by atoms with Crippen LogP contribution in [-0.2, 0) is 0 Å². The van der Waals surface area contributed by atoms with Crippen molar-refractivity contribution in [3.63, 3.8) is 0 Å². The first-order valence-electron chi connectivity index (χ1n) is 5.56. The molecule has 2 rings (SSSR count). The monoisotopic (exact) mass is 285 g/mol. The number of aryl methyl sites for hydroxylation is 1. The first-order valence-corrected chi connectivity index (χ1v) is 5.94. The molecule has 0 amide bonds. The Balaban J connectivity index is 2.53. The van der Waals surface area contributed by atoms with Crippen molar-refractivity contribution in [1.82, 2.24) is 0 Å². The molecule has 2 N–H and O–H groups in total. The van der Waals surface area contributed by atoms with Gasteiger partial charge in [0.05, 0.1) is 6.04 Å². The highest BCUT2D eigenvalue weighted by molar-refractivity contribution is 6.30. The summed E-state index contributed by atoms with van der Waals surface area (Å²) in [7, 11) is 0. The Kier molecular flexibility index (Phi) is 3.83. The molecule has 0 aliphatic rings. The van der Waals surface area contributed by atoms with E-state index >= 15 is 0 Å². The molecule has 0 heterocycles. The van der Waals surface area contributed by atoms with Crippen LogP contribution in [0.15, 0.2) is 30.3 Å². The van der Waals surface area contributed by atoms with Crippen LogP contribution >= 0.6 is 11.6 Å². The van der Waals surface area contributed by atoms with Crippen molar-refractivity contribution in [3.05, 3.63) is 69.5 Å². The van der Waals surface area contributed by atoms with Crippen molar-refractivity contribution in [1.29, 1.82) is 0 Å². The van der Waals surface area contributed by atoms with E-state index in [-0.39, 0.29) is 5.56 Å². The number of hydrogen-bond donors (Lipinski definition) is 1. The van der Waals surface area contributed by atoms with E-state index in [4.69, 9.17) is 17.3 Å². The Morgan fingerprint density at radius 2 is 1.63 bits per heavy atom. The van der Waals surface area contributed by atoms with E-state index in [0.717, 1.165) is 0 Å². The number of benzene rings is 2. The molecule has 0 saturated carbocycles. The van der Waals surface area contributed by atoms with Crippen molar-refractivity contribution in [3.8, 4) is 0 Å². The van der Waals surface area contributed by atoms with Crippen LogP contribution in [0.3, 0.4) is 0 Å². The van der Waals surface area contributed by atoms with Gasteiger partial charge in [-0.15, -0.1) is 0 Å². The first-order chi connectivity index (χ1) is 8.90. The highest BCUT2D eigenvalue weighted by Crippen LogP contribution is 2.28. The lowest BCUT2D eigenvalue weighted by molar-refractivity contribution is 0.515. The molecule has 5 heteroatoms. The molecule has 0 saturated heterocycles. The molecule has 0 spiro atoms. The highest BCUT2D eigenvalue weighted by atomic mass is 35.5. The molecule has 1 unspecified atom stereocenters. The van der Waals surface area contributed by atoms with Gasteiger partial charge in [-0.3, -0.25) is 0 Å². The van der Waals surface area contributed by atoms with Crippen LogP contribution in [0.2, 0.25) is 5.02 Å². The van der Waals surface area contributed by atoms with Crippen molar-refractivity contribution in [2.75, 3.05) is 0 Å². The molecule has 1 nitrogen and oxygen atoms in total. The second kappa shape index (κ2) is 5.23. The smallest absolute Gasteiger partial charge is 0.134 e. The molecule has 0 aromatic heterocycles. The van der Waals surface area contributed by atoms with Gasteiger partial charge >= 0.3 is 0 Å². The lowest BCUT2D eigenvalue weighted by Gasteiger charge is -2.17. The fraction of sp³-hybridized carbons (Fsp3) is 0.143. The number of halogens is 4. The lowest BCUT2D eigenvalue weighted by atomic mass is 9.95. The summed E-state index contributed by atoms with van der Waals surface area (Å²) < 4.78 is 40.2. The zero-order valence-corrected chi connectivity index (χ0v) is 10.8. The predicted molar refractivity (Wildman–Crippen MR) is 68.5 cm³/mol. The van der Waals surface area contributed by atoms with Crippen molar-refractivity contribution in [2.24, 2.45) is 5.73 Å². The van der Waals surface area contributed by atoms with Crippen LogP contribution < -0.4 is 5.73 Å². The fourth-order valence-electron chi connectivity index (χ4n) is 1.99. The van der Waals surface area contributed by atoms with Crippen molar-refractivity contribution < 1.29 is 13.2 Å². The van der Waals surface area contributed by atoms with Crippen LogP contribution in [0, 0.1) is 24.4 Å². The minimum absolute atomic E-state index is 0.355. The maximum atomic E-state index is 13.7. The summed E-state index contributed by atoms with van der Waals surface area (Å²) >= 11 is 5.81. The van der Waals surface area contributed by atoms with E-state index in [1.165, 1.54) is 0 Å². The van der Waals surface area contributed by atoms with E-state index in [1.54, 1.807) is 25.1 Å².